The van der Waals surface area contributed by atoms with Gasteiger partial charge in [-0.3, -0.25) is 0 Å². The summed E-state index contributed by atoms with van der Waals surface area (Å²) in [6, 6.07) is 9.80. The van der Waals surface area contributed by atoms with E-state index in [1.165, 1.54) is 24.0 Å². The molecule has 1 aliphatic rings. The molecule has 1 aliphatic carbocycles. The lowest BCUT2D eigenvalue weighted by Gasteiger charge is -2.21. The molecule has 1 aromatic rings. The first-order valence-electron chi connectivity index (χ1n) is 7.79. The molecule has 106 valence electrons. The molecule has 0 aromatic heterocycles. The fourth-order valence-electron chi connectivity index (χ4n) is 2.96. The Labute approximate surface area is 118 Å². The van der Waals surface area contributed by atoms with Crippen LogP contribution in [0, 0.1) is 11.3 Å². The second kappa shape index (κ2) is 5.66. The molecule has 0 amide bonds. The van der Waals surface area contributed by atoms with Crippen LogP contribution < -0.4 is 5.32 Å². The van der Waals surface area contributed by atoms with E-state index in [2.05, 4.69) is 64.2 Å². The Morgan fingerprint density at radius 2 is 1.68 bits per heavy atom. The van der Waals surface area contributed by atoms with Gasteiger partial charge in [0.2, 0.25) is 0 Å². The maximum absolute atomic E-state index is 3.75. The number of benzene rings is 1. The predicted molar refractivity (Wildman–Crippen MR) is 83.5 cm³/mol. The van der Waals surface area contributed by atoms with Gasteiger partial charge in [-0.25, -0.2) is 0 Å². The smallest absolute Gasteiger partial charge is 0.0353 e. The number of nitrogens with one attached hydrogen (secondary N) is 1. The zero-order valence-electron chi connectivity index (χ0n) is 13.2. The first kappa shape index (κ1) is 14.6. The van der Waals surface area contributed by atoms with E-state index in [-0.39, 0.29) is 0 Å². The van der Waals surface area contributed by atoms with Crippen LogP contribution in [0.4, 0.5) is 0 Å². The van der Waals surface area contributed by atoms with Gasteiger partial charge in [0.05, 0.1) is 0 Å². The van der Waals surface area contributed by atoms with E-state index in [4.69, 9.17) is 0 Å². The quantitative estimate of drug-likeness (QED) is 0.766. The molecule has 1 N–H and O–H groups in total. The number of rotatable bonds is 6. The van der Waals surface area contributed by atoms with Crippen molar-refractivity contribution in [2.75, 3.05) is 6.54 Å². The van der Waals surface area contributed by atoms with Crippen molar-refractivity contribution in [3.8, 4) is 0 Å². The SMILES string of the molecule is CCCNC(c1ccc(C(C)C)cc1)C1CC1(C)C. The molecule has 0 saturated heterocycles. The zero-order chi connectivity index (χ0) is 14.0. The van der Waals surface area contributed by atoms with Gasteiger partial charge in [-0.2, -0.15) is 0 Å². The largest absolute Gasteiger partial charge is 0.310 e. The van der Waals surface area contributed by atoms with Gasteiger partial charge in [0.1, 0.15) is 0 Å². The molecule has 2 rings (SSSR count). The first-order valence-corrected chi connectivity index (χ1v) is 7.79. The fraction of sp³-hybridized carbons (Fsp3) is 0.667. The summed E-state index contributed by atoms with van der Waals surface area (Å²) in [5, 5.41) is 3.75. The third kappa shape index (κ3) is 3.39. The Morgan fingerprint density at radius 1 is 1.16 bits per heavy atom. The number of hydrogen-bond acceptors (Lipinski definition) is 1. The highest BCUT2D eigenvalue weighted by atomic mass is 14.9. The summed E-state index contributed by atoms with van der Waals surface area (Å²) >= 11 is 0. The van der Waals surface area contributed by atoms with Crippen molar-refractivity contribution in [3.05, 3.63) is 35.4 Å². The minimum absolute atomic E-state index is 0.516. The molecular formula is C18H29N. The standard InChI is InChI=1S/C18H29N/c1-6-11-19-17(16-12-18(16,4)5)15-9-7-14(8-10-15)13(2)3/h7-10,13,16-17,19H,6,11-12H2,1-5H3. The summed E-state index contributed by atoms with van der Waals surface area (Å²) in [4.78, 5) is 0. The highest BCUT2D eigenvalue weighted by Gasteiger charge is 2.50. The molecule has 0 spiro atoms. The minimum Gasteiger partial charge on any atom is -0.310 e. The Bertz CT molecular complexity index is 402. The third-order valence-electron chi connectivity index (χ3n) is 4.57. The molecule has 0 radical (unpaired) electrons. The highest BCUT2D eigenvalue weighted by Crippen LogP contribution is 2.57. The maximum atomic E-state index is 3.75. The lowest BCUT2D eigenvalue weighted by Crippen LogP contribution is -2.25. The van der Waals surface area contributed by atoms with E-state index in [0.29, 0.717) is 17.4 Å². The molecule has 1 saturated carbocycles. The number of hydrogen-bond donors (Lipinski definition) is 1. The van der Waals surface area contributed by atoms with Crippen LogP contribution in [-0.4, -0.2) is 6.54 Å². The molecule has 1 fully saturated rings. The van der Waals surface area contributed by atoms with Crippen LogP contribution in [0.25, 0.3) is 0 Å². The summed E-state index contributed by atoms with van der Waals surface area (Å²) in [5.74, 6) is 1.41. The molecule has 19 heavy (non-hydrogen) atoms. The van der Waals surface area contributed by atoms with Gasteiger partial charge in [0, 0.05) is 6.04 Å². The molecule has 0 heterocycles. The van der Waals surface area contributed by atoms with Gasteiger partial charge in [-0.05, 0) is 47.8 Å². The van der Waals surface area contributed by atoms with Crippen molar-refractivity contribution in [3.63, 3.8) is 0 Å². The van der Waals surface area contributed by atoms with Crippen LogP contribution in [0.3, 0.4) is 0 Å². The topological polar surface area (TPSA) is 12.0 Å². The van der Waals surface area contributed by atoms with E-state index >= 15 is 0 Å². The maximum Gasteiger partial charge on any atom is 0.0353 e. The van der Waals surface area contributed by atoms with Crippen molar-refractivity contribution in [2.24, 2.45) is 11.3 Å². The van der Waals surface area contributed by atoms with E-state index < -0.39 is 0 Å². The molecular weight excluding hydrogens is 230 g/mol. The van der Waals surface area contributed by atoms with Gasteiger partial charge in [-0.1, -0.05) is 58.9 Å². The lowest BCUT2D eigenvalue weighted by molar-refractivity contribution is 0.416. The molecule has 1 heteroatoms. The Morgan fingerprint density at radius 3 is 2.11 bits per heavy atom. The highest BCUT2D eigenvalue weighted by molar-refractivity contribution is 5.29. The van der Waals surface area contributed by atoms with Gasteiger partial charge >= 0.3 is 0 Å². The molecule has 2 unspecified atom stereocenters. The Balaban J connectivity index is 2.13. The van der Waals surface area contributed by atoms with Gasteiger partial charge in [0.25, 0.3) is 0 Å². The normalized spacial score (nSPS) is 22.5. The average molecular weight is 259 g/mol. The second-order valence-electron chi connectivity index (χ2n) is 7.05. The fourth-order valence-corrected chi connectivity index (χ4v) is 2.96. The van der Waals surface area contributed by atoms with E-state index in [9.17, 15) is 0 Å². The van der Waals surface area contributed by atoms with Crippen molar-refractivity contribution >= 4 is 0 Å². The van der Waals surface area contributed by atoms with Gasteiger partial charge in [0.15, 0.2) is 0 Å². The predicted octanol–water partition coefficient (Wildman–Crippen LogP) is 4.90. The molecule has 1 aromatic carbocycles. The van der Waals surface area contributed by atoms with Crippen LogP contribution in [-0.2, 0) is 0 Å². The Kier molecular flexibility index (Phi) is 4.35. The monoisotopic (exact) mass is 259 g/mol. The van der Waals surface area contributed by atoms with E-state index in [1.807, 2.05) is 0 Å². The van der Waals surface area contributed by atoms with Gasteiger partial charge < -0.3 is 5.32 Å². The van der Waals surface area contributed by atoms with Crippen molar-refractivity contribution in [1.29, 1.82) is 0 Å². The van der Waals surface area contributed by atoms with E-state index in [0.717, 1.165) is 12.5 Å². The molecule has 0 aliphatic heterocycles. The summed E-state index contributed by atoms with van der Waals surface area (Å²) < 4.78 is 0. The first-order chi connectivity index (χ1) is 8.95. The Hall–Kier alpha value is -0.820. The van der Waals surface area contributed by atoms with Crippen molar-refractivity contribution in [1.82, 2.24) is 5.32 Å². The summed E-state index contributed by atoms with van der Waals surface area (Å²) in [7, 11) is 0. The molecule has 1 nitrogen and oxygen atoms in total. The van der Waals surface area contributed by atoms with Crippen molar-refractivity contribution in [2.45, 2.75) is 59.4 Å². The second-order valence-corrected chi connectivity index (χ2v) is 7.05. The van der Waals surface area contributed by atoms with Crippen LogP contribution in [0.15, 0.2) is 24.3 Å². The van der Waals surface area contributed by atoms with Crippen LogP contribution >= 0.6 is 0 Å². The molecule has 0 bridgehead atoms. The lowest BCUT2D eigenvalue weighted by atomic mass is 9.94. The van der Waals surface area contributed by atoms with Gasteiger partial charge in [-0.15, -0.1) is 0 Å². The van der Waals surface area contributed by atoms with Crippen LogP contribution in [0.1, 0.15) is 70.5 Å². The summed E-state index contributed by atoms with van der Waals surface area (Å²) in [5.41, 5.74) is 3.42. The third-order valence-corrected chi connectivity index (χ3v) is 4.57. The van der Waals surface area contributed by atoms with Crippen molar-refractivity contribution < 1.29 is 0 Å². The average Bonchev–Trinajstić information content (AvgIpc) is 2.99. The summed E-state index contributed by atoms with van der Waals surface area (Å²) in [6.07, 6.45) is 2.55. The van der Waals surface area contributed by atoms with E-state index in [1.54, 1.807) is 0 Å². The van der Waals surface area contributed by atoms with Crippen LogP contribution in [0.2, 0.25) is 0 Å². The summed E-state index contributed by atoms with van der Waals surface area (Å²) in [6.45, 7) is 12.6. The van der Waals surface area contributed by atoms with Crippen LogP contribution in [0.5, 0.6) is 0 Å². The zero-order valence-corrected chi connectivity index (χ0v) is 13.2. The minimum atomic E-state index is 0.516. The molecule has 2 atom stereocenters.